The molecular weight excluding hydrogens is 478 g/mol. The standard InChI is InChI=1S/C27H25N3O7/c1-33-21-14-12-18(13-15-21)17-34-23-22(16-29-30-28)35-27(37-26(32)20-10-6-3-7-11-20)24(23)36-25(31)19-8-4-2-5-9-19/h2-15,22-24,27H,16-17H2,1H3/t22-,23+,24-,27-/m1/s1. The Bertz CT molecular complexity index is 1230. The van der Waals surface area contributed by atoms with Gasteiger partial charge in [0.1, 0.15) is 11.9 Å². The summed E-state index contributed by atoms with van der Waals surface area (Å²) in [5.41, 5.74) is 10.3. The van der Waals surface area contributed by atoms with Crippen LogP contribution in [0.25, 0.3) is 10.4 Å². The van der Waals surface area contributed by atoms with E-state index in [9.17, 15) is 9.59 Å². The Kier molecular flexibility index (Phi) is 8.72. The Balaban J connectivity index is 1.58. The van der Waals surface area contributed by atoms with E-state index in [-0.39, 0.29) is 13.2 Å². The molecule has 1 aliphatic rings. The minimum Gasteiger partial charge on any atom is -0.497 e. The van der Waals surface area contributed by atoms with Crippen LogP contribution in [-0.2, 0) is 25.6 Å². The second kappa shape index (κ2) is 12.5. The van der Waals surface area contributed by atoms with E-state index in [1.165, 1.54) is 0 Å². The van der Waals surface area contributed by atoms with Gasteiger partial charge in [0.25, 0.3) is 0 Å². The monoisotopic (exact) mass is 503 g/mol. The van der Waals surface area contributed by atoms with E-state index in [1.54, 1.807) is 79.9 Å². The number of rotatable bonds is 10. The van der Waals surface area contributed by atoms with E-state index < -0.39 is 36.5 Å². The van der Waals surface area contributed by atoms with Crippen LogP contribution in [0.5, 0.6) is 5.75 Å². The molecule has 0 unspecified atom stereocenters. The lowest BCUT2D eigenvalue weighted by atomic mass is 10.1. The van der Waals surface area contributed by atoms with Crippen molar-refractivity contribution in [3.8, 4) is 5.75 Å². The topological polar surface area (TPSA) is 129 Å². The van der Waals surface area contributed by atoms with Crippen LogP contribution in [0, 0.1) is 0 Å². The SMILES string of the molecule is COc1ccc(CO[C@@H]2[C@@H](OC(=O)c3ccccc3)[C@@H](OC(=O)c3ccccc3)O[C@@H]2CN=[N+]=[N-])cc1. The van der Waals surface area contributed by atoms with Crippen LogP contribution in [0.3, 0.4) is 0 Å². The van der Waals surface area contributed by atoms with Gasteiger partial charge in [-0.1, -0.05) is 53.6 Å². The van der Waals surface area contributed by atoms with Gasteiger partial charge in [0.05, 0.1) is 37.5 Å². The molecule has 0 radical (unpaired) electrons. The van der Waals surface area contributed by atoms with Crippen molar-refractivity contribution in [1.82, 2.24) is 0 Å². The smallest absolute Gasteiger partial charge is 0.340 e. The first-order valence-electron chi connectivity index (χ1n) is 11.5. The Morgan fingerprint density at radius 3 is 2.03 bits per heavy atom. The van der Waals surface area contributed by atoms with Crippen LogP contribution in [-0.4, -0.2) is 50.2 Å². The predicted molar refractivity (Wildman–Crippen MR) is 132 cm³/mol. The molecular formula is C27H25N3O7. The van der Waals surface area contributed by atoms with Crippen molar-refractivity contribution in [2.45, 2.75) is 31.2 Å². The minimum atomic E-state index is -1.29. The van der Waals surface area contributed by atoms with Gasteiger partial charge in [0.2, 0.25) is 6.29 Å². The van der Waals surface area contributed by atoms with Gasteiger partial charge in [0.15, 0.2) is 6.10 Å². The fourth-order valence-corrected chi connectivity index (χ4v) is 3.80. The number of ether oxygens (including phenoxy) is 5. The van der Waals surface area contributed by atoms with Crippen molar-refractivity contribution in [2.24, 2.45) is 5.11 Å². The first-order valence-corrected chi connectivity index (χ1v) is 11.5. The minimum absolute atomic E-state index is 0.122. The van der Waals surface area contributed by atoms with Gasteiger partial charge in [-0.2, -0.15) is 0 Å². The molecule has 1 fully saturated rings. The van der Waals surface area contributed by atoms with E-state index >= 15 is 0 Å². The number of esters is 2. The molecule has 1 aliphatic heterocycles. The molecule has 37 heavy (non-hydrogen) atoms. The summed E-state index contributed by atoms with van der Waals surface area (Å²) in [7, 11) is 1.57. The van der Waals surface area contributed by atoms with Crippen LogP contribution in [0.15, 0.2) is 90.0 Å². The summed E-state index contributed by atoms with van der Waals surface area (Å²) < 4.78 is 28.6. The fourth-order valence-electron chi connectivity index (χ4n) is 3.80. The molecule has 0 aromatic heterocycles. The molecule has 0 aliphatic carbocycles. The molecule has 4 atom stereocenters. The highest BCUT2D eigenvalue weighted by Gasteiger charge is 2.50. The number of carbonyl (C=O) groups excluding carboxylic acids is 2. The number of azide groups is 1. The molecule has 0 saturated carbocycles. The lowest BCUT2D eigenvalue weighted by molar-refractivity contribution is -0.135. The molecule has 0 N–H and O–H groups in total. The van der Waals surface area contributed by atoms with Crippen molar-refractivity contribution in [1.29, 1.82) is 0 Å². The van der Waals surface area contributed by atoms with E-state index in [0.29, 0.717) is 16.9 Å². The summed E-state index contributed by atoms with van der Waals surface area (Å²) in [6.45, 7) is 0.00603. The maximum Gasteiger partial charge on any atom is 0.340 e. The Morgan fingerprint density at radius 2 is 1.46 bits per heavy atom. The second-order valence-corrected chi connectivity index (χ2v) is 8.09. The number of hydrogen-bond acceptors (Lipinski definition) is 8. The van der Waals surface area contributed by atoms with Crippen molar-refractivity contribution in [2.75, 3.05) is 13.7 Å². The highest BCUT2D eigenvalue weighted by molar-refractivity contribution is 5.90. The van der Waals surface area contributed by atoms with Gasteiger partial charge in [-0.15, -0.1) is 0 Å². The third-order valence-electron chi connectivity index (χ3n) is 5.68. The average Bonchev–Trinajstić information content (AvgIpc) is 3.26. The molecule has 0 spiro atoms. The van der Waals surface area contributed by atoms with E-state index in [1.807, 2.05) is 12.1 Å². The Labute approximate surface area is 213 Å². The average molecular weight is 504 g/mol. The van der Waals surface area contributed by atoms with Crippen LogP contribution in [0.1, 0.15) is 26.3 Å². The number of hydrogen-bond donors (Lipinski definition) is 0. The molecule has 190 valence electrons. The van der Waals surface area contributed by atoms with Gasteiger partial charge in [-0.25, -0.2) is 9.59 Å². The summed E-state index contributed by atoms with van der Waals surface area (Å²) in [5.74, 6) is -0.612. The molecule has 0 bridgehead atoms. The number of nitrogens with zero attached hydrogens (tertiary/aromatic N) is 3. The van der Waals surface area contributed by atoms with Crippen molar-refractivity contribution in [3.05, 3.63) is 112 Å². The van der Waals surface area contributed by atoms with E-state index in [2.05, 4.69) is 10.0 Å². The second-order valence-electron chi connectivity index (χ2n) is 8.09. The van der Waals surface area contributed by atoms with E-state index in [4.69, 9.17) is 29.2 Å². The lowest BCUT2D eigenvalue weighted by Crippen LogP contribution is -2.41. The number of benzene rings is 3. The molecule has 0 amide bonds. The quantitative estimate of drug-likeness (QED) is 0.170. The molecule has 3 aromatic rings. The Hall–Kier alpha value is -4.37. The molecule has 10 heteroatoms. The zero-order valence-corrected chi connectivity index (χ0v) is 20.0. The summed E-state index contributed by atoms with van der Waals surface area (Å²) in [6.07, 6.45) is -4.15. The zero-order valence-electron chi connectivity index (χ0n) is 20.0. The number of methoxy groups -OCH3 is 1. The first-order chi connectivity index (χ1) is 18.1. The van der Waals surface area contributed by atoms with Crippen molar-refractivity contribution in [3.63, 3.8) is 0 Å². The normalized spacial score (nSPS) is 20.5. The molecule has 1 heterocycles. The summed E-state index contributed by atoms with van der Waals surface area (Å²) in [6, 6.07) is 24.0. The third-order valence-corrected chi connectivity index (χ3v) is 5.68. The van der Waals surface area contributed by atoms with Crippen LogP contribution < -0.4 is 4.74 Å². The van der Waals surface area contributed by atoms with Crippen molar-refractivity contribution < 1.29 is 33.3 Å². The first kappa shape index (κ1) is 25.7. The van der Waals surface area contributed by atoms with Gasteiger partial charge in [0, 0.05) is 4.91 Å². The summed E-state index contributed by atoms with van der Waals surface area (Å²) in [4.78, 5) is 28.5. The van der Waals surface area contributed by atoms with Crippen LogP contribution in [0.4, 0.5) is 0 Å². The lowest BCUT2D eigenvalue weighted by Gasteiger charge is -2.24. The molecule has 1 saturated heterocycles. The van der Waals surface area contributed by atoms with Gasteiger partial charge >= 0.3 is 11.9 Å². The molecule has 10 nitrogen and oxygen atoms in total. The highest BCUT2D eigenvalue weighted by atomic mass is 16.7. The van der Waals surface area contributed by atoms with Gasteiger partial charge < -0.3 is 23.7 Å². The summed E-state index contributed by atoms with van der Waals surface area (Å²) in [5, 5.41) is 3.60. The number of carbonyl (C=O) groups is 2. The van der Waals surface area contributed by atoms with E-state index in [0.717, 1.165) is 5.56 Å². The molecule has 4 rings (SSSR count). The molecule has 3 aromatic carbocycles. The zero-order chi connectivity index (χ0) is 26.0. The fraction of sp³-hybridized carbons (Fsp3) is 0.259. The predicted octanol–water partition coefficient (Wildman–Crippen LogP) is 4.70. The maximum absolute atomic E-state index is 12.9. The van der Waals surface area contributed by atoms with Gasteiger partial charge in [-0.3, -0.25) is 0 Å². The maximum atomic E-state index is 12.9. The van der Waals surface area contributed by atoms with Gasteiger partial charge in [-0.05, 0) is 47.5 Å². The van der Waals surface area contributed by atoms with Crippen LogP contribution in [0.2, 0.25) is 0 Å². The summed E-state index contributed by atoms with van der Waals surface area (Å²) >= 11 is 0. The van der Waals surface area contributed by atoms with Crippen molar-refractivity contribution >= 4 is 11.9 Å². The highest BCUT2D eigenvalue weighted by Crippen LogP contribution is 2.30. The third kappa shape index (κ3) is 6.65. The Morgan fingerprint density at radius 1 is 0.865 bits per heavy atom. The largest absolute Gasteiger partial charge is 0.497 e. The van der Waals surface area contributed by atoms with Crippen LogP contribution >= 0.6 is 0 Å².